The molecule has 0 saturated carbocycles. The summed E-state index contributed by atoms with van der Waals surface area (Å²) in [6, 6.07) is 3.84. The summed E-state index contributed by atoms with van der Waals surface area (Å²) in [4.78, 5) is 10.5. The zero-order chi connectivity index (χ0) is 15.2. The zero-order valence-electron chi connectivity index (χ0n) is 10.5. The summed E-state index contributed by atoms with van der Waals surface area (Å²) in [5.74, 6) is -0.497. The van der Waals surface area contributed by atoms with Crippen molar-refractivity contribution in [3.05, 3.63) is 23.2 Å². The number of carbonyl (C=O) groups excluding carboxylic acids is 1. The lowest BCUT2D eigenvalue weighted by Crippen LogP contribution is -2.25. The van der Waals surface area contributed by atoms with Gasteiger partial charge in [0.25, 0.3) is 5.91 Å². The molecular formula is C11H15ClN2O5S. The van der Waals surface area contributed by atoms with Gasteiger partial charge in [0.1, 0.15) is 5.75 Å². The van der Waals surface area contributed by atoms with E-state index < -0.39 is 15.9 Å². The van der Waals surface area contributed by atoms with Crippen LogP contribution in [0.2, 0.25) is 5.02 Å². The lowest BCUT2D eigenvalue weighted by atomic mass is 10.3. The number of nitrogens with two attached hydrogens (primary N) is 1. The van der Waals surface area contributed by atoms with Crippen molar-refractivity contribution in [3.8, 4) is 5.75 Å². The molecule has 1 amide bonds. The minimum atomic E-state index is -3.70. The van der Waals surface area contributed by atoms with Gasteiger partial charge in [-0.3, -0.25) is 4.79 Å². The van der Waals surface area contributed by atoms with Gasteiger partial charge in [0.15, 0.2) is 6.61 Å². The SMILES string of the molecule is NC(=O)COc1ccc(S(=O)(=O)NCCCO)cc1Cl. The average molecular weight is 323 g/mol. The van der Waals surface area contributed by atoms with Crippen molar-refractivity contribution in [2.24, 2.45) is 5.73 Å². The smallest absolute Gasteiger partial charge is 0.255 e. The minimum Gasteiger partial charge on any atom is -0.482 e. The number of hydrogen-bond donors (Lipinski definition) is 3. The van der Waals surface area contributed by atoms with Crippen molar-refractivity contribution in [3.63, 3.8) is 0 Å². The van der Waals surface area contributed by atoms with Crippen LogP contribution in [0.25, 0.3) is 0 Å². The molecule has 0 aliphatic carbocycles. The second-order valence-electron chi connectivity index (χ2n) is 3.82. The first-order chi connectivity index (χ1) is 9.36. The first-order valence-electron chi connectivity index (χ1n) is 5.68. The molecule has 0 aromatic heterocycles. The first-order valence-corrected chi connectivity index (χ1v) is 7.54. The van der Waals surface area contributed by atoms with Crippen LogP contribution >= 0.6 is 11.6 Å². The van der Waals surface area contributed by atoms with Crippen molar-refractivity contribution in [1.29, 1.82) is 0 Å². The van der Waals surface area contributed by atoms with E-state index in [2.05, 4.69) is 4.72 Å². The van der Waals surface area contributed by atoms with E-state index in [1.807, 2.05) is 0 Å². The number of carbonyl (C=O) groups is 1. The molecule has 0 radical (unpaired) electrons. The Balaban J connectivity index is 2.83. The van der Waals surface area contributed by atoms with E-state index in [9.17, 15) is 13.2 Å². The van der Waals surface area contributed by atoms with Crippen molar-refractivity contribution < 1.29 is 23.1 Å². The molecule has 4 N–H and O–H groups in total. The van der Waals surface area contributed by atoms with Crippen LogP contribution in [0.3, 0.4) is 0 Å². The minimum absolute atomic E-state index is 0.0353. The Kier molecular flexibility index (Phi) is 6.21. The molecule has 0 heterocycles. The van der Waals surface area contributed by atoms with E-state index >= 15 is 0 Å². The van der Waals surface area contributed by atoms with Gasteiger partial charge in [-0.25, -0.2) is 13.1 Å². The number of amides is 1. The number of hydrogen-bond acceptors (Lipinski definition) is 5. The fourth-order valence-corrected chi connectivity index (χ4v) is 2.68. The molecular weight excluding hydrogens is 308 g/mol. The number of ether oxygens (including phenoxy) is 1. The van der Waals surface area contributed by atoms with Crippen molar-refractivity contribution >= 4 is 27.5 Å². The lowest BCUT2D eigenvalue weighted by molar-refractivity contribution is -0.119. The van der Waals surface area contributed by atoms with Crippen LogP contribution in [-0.4, -0.2) is 39.2 Å². The van der Waals surface area contributed by atoms with Crippen LogP contribution in [0.4, 0.5) is 0 Å². The van der Waals surface area contributed by atoms with E-state index in [-0.39, 0.29) is 35.4 Å². The maximum absolute atomic E-state index is 11.9. The van der Waals surface area contributed by atoms with Crippen LogP contribution < -0.4 is 15.2 Å². The highest BCUT2D eigenvalue weighted by Gasteiger charge is 2.15. The van der Waals surface area contributed by atoms with Gasteiger partial charge in [0.05, 0.1) is 9.92 Å². The van der Waals surface area contributed by atoms with Crippen molar-refractivity contribution in [2.45, 2.75) is 11.3 Å². The van der Waals surface area contributed by atoms with E-state index in [4.69, 9.17) is 27.2 Å². The number of rotatable bonds is 8. The third kappa shape index (κ3) is 4.97. The molecule has 1 aromatic rings. The molecule has 0 unspecified atom stereocenters. The van der Waals surface area contributed by atoms with E-state index in [1.54, 1.807) is 0 Å². The fourth-order valence-electron chi connectivity index (χ4n) is 1.28. The summed E-state index contributed by atoms with van der Waals surface area (Å²) in [5, 5.41) is 8.66. The third-order valence-corrected chi connectivity index (χ3v) is 3.96. The Bertz CT molecular complexity index is 576. The maximum Gasteiger partial charge on any atom is 0.255 e. The van der Waals surface area contributed by atoms with Gasteiger partial charge in [-0.1, -0.05) is 11.6 Å². The molecule has 0 aliphatic rings. The van der Waals surface area contributed by atoms with Crippen LogP contribution in [0, 0.1) is 0 Å². The molecule has 0 atom stereocenters. The quantitative estimate of drug-likeness (QED) is 0.576. The lowest BCUT2D eigenvalue weighted by Gasteiger charge is -2.09. The Morgan fingerprint density at radius 1 is 1.45 bits per heavy atom. The summed E-state index contributed by atoms with van der Waals surface area (Å²) < 4.78 is 31.1. The zero-order valence-corrected chi connectivity index (χ0v) is 12.1. The number of sulfonamides is 1. The molecule has 0 bridgehead atoms. The van der Waals surface area contributed by atoms with Crippen LogP contribution in [0.15, 0.2) is 23.1 Å². The molecule has 0 spiro atoms. The summed E-state index contributed by atoms with van der Waals surface area (Å²) >= 11 is 5.87. The van der Waals surface area contributed by atoms with Gasteiger partial charge in [0, 0.05) is 13.2 Å². The van der Waals surface area contributed by atoms with Gasteiger partial charge < -0.3 is 15.6 Å². The number of nitrogens with one attached hydrogen (secondary N) is 1. The van der Waals surface area contributed by atoms with Gasteiger partial charge in [-0.05, 0) is 24.6 Å². The van der Waals surface area contributed by atoms with Crippen molar-refractivity contribution in [1.82, 2.24) is 4.72 Å². The van der Waals surface area contributed by atoms with Crippen LogP contribution in [0.5, 0.6) is 5.75 Å². The Morgan fingerprint density at radius 2 is 2.15 bits per heavy atom. The standard InChI is InChI=1S/C11H15ClN2O5S/c12-9-6-8(20(17,18)14-4-1-5-15)2-3-10(9)19-7-11(13)16/h2-3,6,14-15H,1,4-5,7H2,(H2,13,16). The molecule has 0 fully saturated rings. The number of aliphatic hydroxyl groups is 1. The third-order valence-electron chi connectivity index (χ3n) is 2.21. The Labute approximate surface area is 121 Å². The highest BCUT2D eigenvalue weighted by Crippen LogP contribution is 2.27. The molecule has 0 aliphatic heterocycles. The second-order valence-corrected chi connectivity index (χ2v) is 6.00. The number of benzene rings is 1. The molecule has 112 valence electrons. The summed E-state index contributed by atoms with van der Waals surface area (Å²) in [7, 11) is -3.70. The van der Waals surface area contributed by atoms with Crippen molar-refractivity contribution in [2.75, 3.05) is 19.8 Å². The summed E-state index contributed by atoms with van der Waals surface area (Å²) in [5.41, 5.74) is 4.92. The van der Waals surface area contributed by atoms with Gasteiger partial charge >= 0.3 is 0 Å². The number of halogens is 1. The van der Waals surface area contributed by atoms with Crippen LogP contribution in [0.1, 0.15) is 6.42 Å². The second kappa shape index (κ2) is 7.44. The van der Waals surface area contributed by atoms with Gasteiger partial charge in [0.2, 0.25) is 10.0 Å². The van der Waals surface area contributed by atoms with E-state index in [1.165, 1.54) is 18.2 Å². The highest BCUT2D eigenvalue weighted by atomic mass is 35.5. The van der Waals surface area contributed by atoms with E-state index in [0.29, 0.717) is 6.42 Å². The van der Waals surface area contributed by atoms with Gasteiger partial charge in [-0.15, -0.1) is 0 Å². The maximum atomic E-state index is 11.9. The number of primary amides is 1. The number of aliphatic hydroxyl groups excluding tert-OH is 1. The molecule has 20 heavy (non-hydrogen) atoms. The predicted octanol–water partition coefficient (Wildman–Crippen LogP) is -0.135. The fraction of sp³-hybridized carbons (Fsp3) is 0.364. The summed E-state index contributed by atoms with van der Waals surface area (Å²) in [6.45, 7) is -0.333. The van der Waals surface area contributed by atoms with Gasteiger partial charge in [-0.2, -0.15) is 0 Å². The molecule has 7 nitrogen and oxygen atoms in total. The topological polar surface area (TPSA) is 119 Å². The molecule has 9 heteroatoms. The largest absolute Gasteiger partial charge is 0.482 e. The normalized spacial score (nSPS) is 11.3. The highest BCUT2D eigenvalue weighted by molar-refractivity contribution is 7.89. The summed E-state index contributed by atoms with van der Waals surface area (Å²) in [6.07, 6.45) is 0.312. The first kappa shape index (κ1) is 16.7. The average Bonchev–Trinajstić information content (AvgIpc) is 2.37. The monoisotopic (exact) mass is 322 g/mol. The molecule has 0 saturated heterocycles. The molecule has 1 aromatic carbocycles. The Hall–Kier alpha value is -1.35. The van der Waals surface area contributed by atoms with E-state index in [0.717, 1.165) is 0 Å². The Morgan fingerprint density at radius 3 is 2.70 bits per heavy atom. The van der Waals surface area contributed by atoms with Crippen LogP contribution in [-0.2, 0) is 14.8 Å². The predicted molar refractivity (Wildman–Crippen MR) is 73.0 cm³/mol. The molecule has 1 rings (SSSR count).